The molecule has 120 valence electrons. The predicted molar refractivity (Wildman–Crippen MR) is 79.4 cm³/mol. The molecule has 0 aliphatic heterocycles. The Balaban J connectivity index is 2.13. The zero-order valence-corrected chi connectivity index (χ0v) is 11.6. The highest BCUT2D eigenvalue weighted by Crippen LogP contribution is 2.25. The number of nitrogens with zero attached hydrogens (tertiary/aromatic N) is 2. The minimum Gasteiger partial charge on any atom is -0.406 e. The number of rotatable bonds is 5. The van der Waals surface area contributed by atoms with Crippen molar-refractivity contribution in [2.75, 3.05) is 5.32 Å². The topological polar surface area (TPSA) is 96.9 Å². The van der Waals surface area contributed by atoms with E-state index in [-0.39, 0.29) is 5.75 Å². The second kappa shape index (κ2) is 6.77. The fourth-order valence-corrected chi connectivity index (χ4v) is 1.68. The van der Waals surface area contributed by atoms with Crippen LogP contribution >= 0.6 is 0 Å². The lowest BCUT2D eigenvalue weighted by atomic mass is 10.2. The van der Waals surface area contributed by atoms with Crippen molar-refractivity contribution in [3.63, 3.8) is 0 Å². The highest BCUT2D eigenvalue weighted by atomic mass is 19.4. The zero-order valence-electron chi connectivity index (χ0n) is 11.6. The van der Waals surface area contributed by atoms with Crippen LogP contribution in [0.1, 0.15) is 5.69 Å². The summed E-state index contributed by atoms with van der Waals surface area (Å²) in [5.41, 5.74) is 6.75. The second-order valence-corrected chi connectivity index (χ2v) is 4.25. The fraction of sp³-hybridized carbons (Fsp3) is 0.0714. The summed E-state index contributed by atoms with van der Waals surface area (Å²) in [6.07, 6.45) is -1.15. The molecule has 0 amide bonds. The van der Waals surface area contributed by atoms with Crippen LogP contribution in [0.5, 0.6) is 5.75 Å². The van der Waals surface area contributed by atoms with E-state index in [1.807, 2.05) is 0 Å². The molecule has 1 heterocycles. The van der Waals surface area contributed by atoms with Crippen LogP contribution in [0.15, 0.2) is 42.9 Å². The van der Waals surface area contributed by atoms with Gasteiger partial charge in [0.05, 0.1) is 5.69 Å². The first-order valence-electron chi connectivity index (χ1n) is 6.29. The van der Waals surface area contributed by atoms with Crippen LogP contribution in [0, 0.1) is 5.41 Å². The smallest absolute Gasteiger partial charge is 0.406 e. The van der Waals surface area contributed by atoms with Gasteiger partial charge in [-0.2, -0.15) is 0 Å². The van der Waals surface area contributed by atoms with Crippen molar-refractivity contribution in [2.24, 2.45) is 5.73 Å². The lowest BCUT2D eigenvalue weighted by Crippen LogP contribution is -2.16. The van der Waals surface area contributed by atoms with Crippen molar-refractivity contribution in [1.29, 1.82) is 5.41 Å². The molecule has 2 aromatic rings. The Morgan fingerprint density at radius 1 is 1.22 bits per heavy atom. The zero-order chi connectivity index (χ0) is 16.9. The number of aromatic nitrogens is 2. The summed E-state index contributed by atoms with van der Waals surface area (Å²) in [6, 6.07) is 6.75. The Bertz CT molecular complexity index is 713. The summed E-state index contributed by atoms with van der Waals surface area (Å²) in [4.78, 5) is 7.97. The first-order chi connectivity index (χ1) is 10.9. The van der Waals surface area contributed by atoms with Crippen LogP contribution in [0.2, 0.25) is 0 Å². The van der Waals surface area contributed by atoms with E-state index in [1.165, 1.54) is 36.8 Å². The van der Waals surface area contributed by atoms with Gasteiger partial charge in [-0.25, -0.2) is 9.97 Å². The first-order valence-corrected chi connectivity index (χ1v) is 6.29. The van der Waals surface area contributed by atoms with Crippen LogP contribution < -0.4 is 15.8 Å². The normalized spacial score (nSPS) is 11.9. The van der Waals surface area contributed by atoms with Gasteiger partial charge in [-0.1, -0.05) is 0 Å². The number of ether oxygens (including phenoxy) is 1. The van der Waals surface area contributed by atoms with Crippen LogP contribution in [-0.4, -0.2) is 22.5 Å². The van der Waals surface area contributed by atoms with Crippen LogP contribution in [-0.2, 0) is 0 Å². The standard InChI is InChI=1S/C14H12F3N5O/c15-14(16,17)23-11-3-1-10(2-4-11)22-13-5-12(20-8-21-13)9(6-18)7-19/h1-8,18H,19H2,(H,20,21,22). The van der Waals surface area contributed by atoms with E-state index in [1.54, 1.807) is 6.07 Å². The van der Waals surface area contributed by atoms with Crippen LogP contribution in [0.4, 0.5) is 24.7 Å². The van der Waals surface area contributed by atoms with Gasteiger partial charge in [0, 0.05) is 29.7 Å². The van der Waals surface area contributed by atoms with Gasteiger partial charge in [-0.15, -0.1) is 13.2 Å². The minimum absolute atomic E-state index is 0.316. The molecule has 0 saturated heterocycles. The maximum Gasteiger partial charge on any atom is 0.573 e. The third-order valence-electron chi connectivity index (χ3n) is 2.66. The number of nitrogens with one attached hydrogen (secondary N) is 2. The minimum atomic E-state index is -4.73. The number of alkyl halides is 3. The molecule has 4 N–H and O–H groups in total. The molecule has 1 aromatic carbocycles. The average molecular weight is 323 g/mol. The highest BCUT2D eigenvalue weighted by Gasteiger charge is 2.30. The van der Waals surface area contributed by atoms with Crippen molar-refractivity contribution in [3.8, 4) is 5.75 Å². The van der Waals surface area contributed by atoms with Gasteiger partial charge in [0.15, 0.2) is 0 Å². The fourth-order valence-electron chi connectivity index (χ4n) is 1.68. The Morgan fingerprint density at radius 3 is 2.48 bits per heavy atom. The SMILES string of the molecule is N=CC(=CN)c1cc(Nc2ccc(OC(F)(F)F)cc2)ncn1. The summed E-state index contributed by atoms with van der Waals surface area (Å²) in [6.45, 7) is 0. The van der Waals surface area contributed by atoms with Gasteiger partial charge in [-0.3, -0.25) is 0 Å². The maximum absolute atomic E-state index is 12.1. The van der Waals surface area contributed by atoms with Gasteiger partial charge in [0.25, 0.3) is 0 Å². The summed E-state index contributed by atoms with van der Waals surface area (Å²) in [7, 11) is 0. The second-order valence-electron chi connectivity index (χ2n) is 4.25. The first kappa shape index (κ1) is 16.3. The van der Waals surface area contributed by atoms with E-state index in [0.29, 0.717) is 22.8 Å². The molecule has 0 unspecified atom stereocenters. The monoisotopic (exact) mass is 323 g/mol. The van der Waals surface area contributed by atoms with Crippen LogP contribution in [0.3, 0.4) is 0 Å². The summed E-state index contributed by atoms with van der Waals surface area (Å²) in [5.74, 6) is 0.0873. The van der Waals surface area contributed by atoms with Gasteiger partial charge < -0.3 is 21.2 Å². The lowest BCUT2D eigenvalue weighted by Gasteiger charge is -2.10. The molecule has 1 aromatic heterocycles. The number of hydrogen-bond donors (Lipinski definition) is 3. The number of nitrogens with two attached hydrogens (primary N) is 1. The Labute approximate surface area is 129 Å². The molecule has 0 spiro atoms. The van der Waals surface area contributed by atoms with Gasteiger partial charge in [0.1, 0.15) is 17.9 Å². The Kier molecular flexibility index (Phi) is 4.79. The van der Waals surface area contributed by atoms with Crippen molar-refractivity contribution >= 4 is 23.3 Å². The van der Waals surface area contributed by atoms with Gasteiger partial charge in [0.2, 0.25) is 0 Å². The van der Waals surface area contributed by atoms with E-state index >= 15 is 0 Å². The van der Waals surface area contributed by atoms with Crippen molar-refractivity contribution < 1.29 is 17.9 Å². The highest BCUT2D eigenvalue weighted by molar-refractivity contribution is 6.07. The molecule has 0 fully saturated rings. The molecule has 6 nitrogen and oxygen atoms in total. The van der Waals surface area contributed by atoms with E-state index in [9.17, 15) is 13.2 Å². The third-order valence-corrected chi connectivity index (χ3v) is 2.66. The molecule has 0 aliphatic rings. The van der Waals surface area contributed by atoms with Gasteiger partial charge >= 0.3 is 6.36 Å². The van der Waals surface area contributed by atoms with E-state index < -0.39 is 6.36 Å². The summed E-state index contributed by atoms with van der Waals surface area (Å²) >= 11 is 0. The van der Waals surface area contributed by atoms with E-state index in [0.717, 1.165) is 6.21 Å². The molecule has 0 saturated carbocycles. The van der Waals surface area contributed by atoms with E-state index in [4.69, 9.17) is 11.1 Å². The molecule has 2 rings (SSSR count). The molecular formula is C14H12F3N5O. The summed E-state index contributed by atoms with van der Waals surface area (Å²) < 4.78 is 40.0. The van der Waals surface area contributed by atoms with Gasteiger partial charge in [-0.05, 0) is 24.3 Å². The third kappa shape index (κ3) is 4.70. The number of benzene rings is 1. The van der Waals surface area contributed by atoms with Crippen molar-refractivity contribution in [1.82, 2.24) is 9.97 Å². The molecular weight excluding hydrogens is 311 g/mol. The van der Waals surface area contributed by atoms with Crippen LogP contribution in [0.25, 0.3) is 5.57 Å². The number of anilines is 2. The Morgan fingerprint density at radius 2 is 1.91 bits per heavy atom. The lowest BCUT2D eigenvalue weighted by molar-refractivity contribution is -0.274. The van der Waals surface area contributed by atoms with Crippen molar-refractivity contribution in [3.05, 3.63) is 48.6 Å². The molecule has 0 atom stereocenters. The number of halogens is 3. The molecule has 0 aliphatic carbocycles. The Hall–Kier alpha value is -3.10. The molecule has 9 heteroatoms. The summed E-state index contributed by atoms with van der Waals surface area (Å²) in [5, 5.41) is 10.1. The predicted octanol–water partition coefficient (Wildman–Crippen LogP) is 3.07. The average Bonchev–Trinajstić information content (AvgIpc) is 2.50. The number of hydrogen-bond acceptors (Lipinski definition) is 6. The molecule has 0 radical (unpaired) electrons. The quantitative estimate of drug-likeness (QED) is 0.735. The van der Waals surface area contributed by atoms with Crippen molar-refractivity contribution in [2.45, 2.75) is 6.36 Å². The number of allylic oxidation sites excluding steroid dienone is 1. The molecule has 23 heavy (non-hydrogen) atoms. The maximum atomic E-state index is 12.1. The van der Waals surface area contributed by atoms with E-state index in [2.05, 4.69) is 20.0 Å². The molecule has 0 bridgehead atoms. The largest absolute Gasteiger partial charge is 0.573 e.